The van der Waals surface area contributed by atoms with Gasteiger partial charge in [0.25, 0.3) is 0 Å². The molecule has 0 saturated carbocycles. The van der Waals surface area contributed by atoms with E-state index in [1.165, 1.54) is 12.1 Å². The number of hydrogen-bond donors (Lipinski definition) is 2. The molecule has 1 unspecified atom stereocenters. The Morgan fingerprint density at radius 1 is 1.12 bits per heavy atom. The zero-order valence-corrected chi connectivity index (χ0v) is 15.5. The number of methoxy groups -OCH3 is 2. The molecule has 0 aromatic heterocycles. The molecule has 1 fully saturated rings. The number of hydrogen-bond acceptors (Lipinski definition) is 6. The lowest BCUT2D eigenvalue weighted by Crippen LogP contribution is -2.36. The Hall–Kier alpha value is -2.54. The number of carbonyl (C=O) groups is 1. The number of thioether (sulfide) groups is 1. The van der Waals surface area contributed by atoms with Crippen molar-refractivity contribution >= 4 is 17.7 Å². The summed E-state index contributed by atoms with van der Waals surface area (Å²) in [5, 5.41) is 19.4. The number of nitrogens with zero attached hydrogens (tertiary/aromatic N) is 1. The third kappa shape index (κ3) is 3.83. The van der Waals surface area contributed by atoms with Gasteiger partial charge in [-0.2, -0.15) is 0 Å². The summed E-state index contributed by atoms with van der Waals surface area (Å²) in [4.78, 5) is 14.3. The highest BCUT2D eigenvalue weighted by molar-refractivity contribution is 7.99. The van der Waals surface area contributed by atoms with E-state index in [-0.39, 0.29) is 22.8 Å². The van der Waals surface area contributed by atoms with Crippen molar-refractivity contribution in [1.82, 2.24) is 4.90 Å². The first kappa shape index (κ1) is 18.3. The Balaban J connectivity index is 1.93. The van der Waals surface area contributed by atoms with E-state index in [9.17, 15) is 15.0 Å². The molecule has 2 aromatic carbocycles. The molecule has 2 aromatic rings. The maximum absolute atomic E-state index is 12.6. The molecule has 1 saturated heterocycles. The van der Waals surface area contributed by atoms with Crippen molar-refractivity contribution in [2.75, 3.05) is 20.0 Å². The Morgan fingerprint density at radius 2 is 1.81 bits per heavy atom. The van der Waals surface area contributed by atoms with Gasteiger partial charge in [-0.15, -0.1) is 11.8 Å². The second kappa shape index (κ2) is 7.78. The van der Waals surface area contributed by atoms with Gasteiger partial charge in [0.05, 0.1) is 14.2 Å². The number of phenolic OH excluding ortho intramolecular Hbond substituents is 2. The summed E-state index contributed by atoms with van der Waals surface area (Å²) in [6.07, 6.45) is 0.446. The fourth-order valence-electron chi connectivity index (χ4n) is 2.95. The highest BCUT2D eigenvalue weighted by atomic mass is 32.2. The summed E-state index contributed by atoms with van der Waals surface area (Å²) in [7, 11) is 3.16. The number of carbonyl (C=O) groups excluding carboxylic acids is 1. The average Bonchev–Trinajstić information content (AvgIpc) is 2.63. The van der Waals surface area contributed by atoms with Crippen LogP contribution in [0.4, 0.5) is 0 Å². The van der Waals surface area contributed by atoms with E-state index in [0.29, 0.717) is 35.8 Å². The van der Waals surface area contributed by atoms with Crippen LogP contribution < -0.4 is 9.47 Å². The molecule has 0 aliphatic carbocycles. The van der Waals surface area contributed by atoms with E-state index in [1.807, 2.05) is 12.1 Å². The van der Waals surface area contributed by atoms with Crippen molar-refractivity contribution in [1.29, 1.82) is 0 Å². The third-order valence-electron chi connectivity index (χ3n) is 4.24. The summed E-state index contributed by atoms with van der Waals surface area (Å²) in [6, 6.07) is 9.97. The lowest BCUT2D eigenvalue weighted by Gasteiger charge is -2.36. The quantitative estimate of drug-likeness (QED) is 0.835. The molecular weight excluding hydrogens is 354 g/mol. The Morgan fingerprint density at radius 3 is 2.42 bits per heavy atom. The van der Waals surface area contributed by atoms with E-state index in [0.717, 1.165) is 5.56 Å². The SMILES string of the molecule is COc1cc(CN2C(=O)CCSC2c2ccc(O)cc2O)cc(OC)c1. The van der Waals surface area contributed by atoms with Crippen LogP contribution >= 0.6 is 11.8 Å². The molecule has 6 nitrogen and oxygen atoms in total. The third-order valence-corrected chi connectivity index (χ3v) is 5.50. The minimum Gasteiger partial charge on any atom is -0.508 e. The van der Waals surface area contributed by atoms with Gasteiger partial charge in [-0.1, -0.05) is 0 Å². The van der Waals surface area contributed by atoms with Crippen LogP contribution in [0.5, 0.6) is 23.0 Å². The topological polar surface area (TPSA) is 79.2 Å². The van der Waals surface area contributed by atoms with Gasteiger partial charge >= 0.3 is 0 Å². The summed E-state index contributed by atoms with van der Waals surface area (Å²) in [5.41, 5.74) is 1.48. The molecule has 0 bridgehead atoms. The van der Waals surface area contributed by atoms with E-state index < -0.39 is 0 Å². The molecule has 138 valence electrons. The number of ether oxygens (including phenoxy) is 2. The smallest absolute Gasteiger partial charge is 0.224 e. The molecule has 0 spiro atoms. The number of aromatic hydroxyl groups is 2. The van der Waals surface area contributed by atoms with Crippen LogP contribution in [-0.2, 0) is 11.3 Å². The van der Waals surface area contributed by atoms with Crippen LogP contribution in [0.3, 0.4) is 0 Å². The Labute approximate surface area is 156 Å². The van der Waals surface area contributed by atoms with Crippen LogP contribution in [0.25, 0.3) is 0 Å². The van der Waals surface area contributed by atoms with Crippen molar-refractivity contribution in [3.05, 3.63) is 47.5 Å². The Kier molecular flexibility index (Phi) is 5.46. The zero-order chi connectivity index (χ0) is 18.7. The predicted octanol–water partition coefficient (Wildman–Crippen LogP) is 3.28. The molecule has 7 heteroatoms. The molecule has 3 rings (SSSR count). The van der Waals surface area contributed by atoms with Gasteiger partial charge < -0.3 is 24.6 Å². The first-order chi connectivity index (χ1) is 12.5. The van der Waals surface area contributed by atoms with Crippen LogP contribution in [0, 0.1) is 0 Å². The number of amides is 1. The van der Waals surface area contributed by atoms with Crippen molar-refractivity contribution in [3.63, 3.8) is 0 Å². The van der Waals surface area contributed by atoms with Crippen LogP contribution in [-0.4, -0.2) is 41.0 Å². The van der Waals surface area contributed by atoms with Crippen molar-refractivity contribution in [2.45, 2.75) is 18.3 Å². The summed E-state index contributed by atoms with van der Waals surface area (Å²) in [5.74, 6) is 1.97. The fraction of sp³-hybridized carbons (Fsp3) is 0.316. The summed E-state index contributed by atoms with van der Waals surface area (Å²) < 4.78 is 10.6. The van der Waals surface area contributed by atoms with Gasteiger partial charge in [0.15, 0.2) is 0 Å². The molecule has 1 aliphatic heterocycles. The van der Waals surface area contributed by atoms with Gasteiger partial charge in [-0.05, 0) is 29.8 Å². The van der Waals surface area contributed by atoms with Crippen molar-refractivity contribution in [2.24, 2.45) is 0 Å². The van der Waals surface area contributed by atoms with Gasteiger partial charge in [0, 0.05) is 36.4 Å². The van der Waals surface area contributed by atoms with Crippen LogP contribution in [0.15, 0.2) is 36.4 Å². The summed E-state index contributed by atoms with van der Waals surface area (Å²) >= 11 is 1.59. The second-order valence-corrected chi connectivity index (χ2v) is 7.15. The molecule has 1 heterocycles. The van der Waals surface area contributed by atoms with E-state index in [1.54, 1.807) is 43.0 Å². The molecule has 1 aliphatic rings. The number of benzene rings is 2. The monoisotopic (exact) mass is 375 g/mol. The van der Waals surface area contributed by atoms with Crippen LogP contribution in [0.1, 0.15) is 22.9 Å². The van der Waals surface area contributed by atoms with Gasteiger partial charge in [0.1, 0.15) is 28.4 Å². The van der Waals surface area contributed by atoms with Gasteiger partial charge in [0.2, 0.25) is 5.91 Å². The van der Waals surface area contributed by atoms with Crippen molar-refractivity contribution in [3.8, 4) is 23.0 Å². The summed E-state index contributed by atoms with van der Waals surface area (Å²) in [6.45, 7) is 0.365. The zero-order valence-electron chi connectivity index (χ0n) is 14.6. The van der Waals surface area contributed by atoms with Crippen LogP contribution in [0.2, 0.25) is 0 Å². The maximum Gasteiger partial charge on any atom is 0.224 e. The molecule has 1 atom stereocenters. The van der Waals surface area contributed by atoms with E-state index in [2.05, 4.69) is 0 Å². The molecule has 0 radical (unpaired) electrons. The van der Waals surface area contributed by atoms with Gasteiger partial charge in [-0.25, -0.2) is 0 Å². The first-order valence-corrected chi connectivity index (χ1v) is 9.21. The minimum atomic E-state index is -0.325. The van der Waals surface area contributed by atoms with Gasteiger partial charge in [-0.3, -0.25) is 4.79 Å². The average molecular weight is 375 g/mol. The molecule has 26 heavy (non-hydrogen) atoms. The minimum absolute atomic E-state index is 0.0116. The van der Waals surface area contributed by atoms with E-state index >= 15 is 0 Å². The normalized spacial score (nSPS) is 17.2. The predicted molar refractivity (Wildman–Crippen MR) is 99.7 cm³/mol. The number of rotatable bonds is 5. The molecular formula is C19H21NO5S. The first-order valence-electron chi connectivity index (χ1n) is 8.16. The highest BCUT2D eigenvalue weighted by Gasteiger charge is 2.31. The molecule has 1 amide bonds. The van der Waals surface area contributed by atoms with Crippen molar-refractivity contribution < 1.29 is 24.5 Å². The standard InChI is InChI=1S/C19H21NO5S/c1-24-14-7-12(8-15(10-14)25-2)11-20-18(23)5-6-26-19(20)16-4-3-13(21)9-17(16)22/h3-4,7-10,19,21-22H,5-6,11H2,1-2H3. The lowest BCUT2D eigenvalue weighted by molar-refractivity contribution is -0.132. The number of phenols is 2. The lowest BCUT2D eigenvalue weighted by atomic mass is 10.1. The maximum atomic E-state index is 12.6. The second-order valence-electron chi connectivity index (χ2n) is 5.96. The van der Waals surface area contributed by atoms with E-state index in [4.69, 9.17) is 9.47 Å². The highest BCUT2D eigenvalue weighted by Crippen LogP contribution is 2.42. The fourth-order valence-corrected chi connectivity index (χ4v) is 4.21. The Bertz CT molecular complexity index is 788. The molecule has 2 N–H and O–H groups in total. The largest absolute Gasteiger partial charge is 0.508 e.